The smallest absolute Gasteiger partial charge is 0.287 e. The Morgan fingerprint density at radius 2 is 2.39 bits per heavy atom. The van der Waals surface area contributed by atoms with E-state index in [-0.39, 0.29) is 5.69 Å². The number of aromatic nitrogens is 1. The first-order valence-electron chi connectivity index (χ1n) is 6.21. The molecule has 1 aromatic heterocycles. The van der Waals surface area contributed by atoms with Crippen LogP contribution < -0.4 is 5.32 Å². The summed E-state index contributed by atoms with van der Waals surface area (Å²) in [5, 5.41) is 13.6. The van der Waals surface area contributed by atoms with Gasteiger partial charge in [-0.05, 0) is 31.7 Å². The fourth-order valence-electron chi connectivity index (χ4n) is 1.99. The minimum atomic E-state index is -0.452. The van der Waals surface area contributed by atoms with E-state index in [4.69, 9.17) is 4.74 Å². The van der Waals surface area contributed by atoms with Gasteiger partial charge in [0.1, 0.15) is 12.0 Å². The number of nitro groups is 1. The average molecular weight is 251 g/mol. The molecule has 0 amide bonds. The number of hydrogen-bond donors (Lipinski definition) is 1. The zero-order valence-electron chi connectivity index (χ0n) is 10.2. The van der Waals surface area contributed by atoms with Crippen LogP contribution in [0, 0.1) is 10.1 Å². The van der Waals surface area contributed by atoms with Crippen LogP contribution in [-0.2, 0) is 4.74 Å². The fourth-order valence-corrected chi connectivity index (χ4v) is 1.99. The van der Waals surface area contributed by atoms with Gasteiger partial charge in [0.15, 0.2) is 0 Å². The monoisotopic (exact) mass is 251 g/mol. The second-order valence-corrected chi connectivity index (χ2v) is 4.36. The molecule has 0 saturated carbocycles. The lowest BCUT2D eigenvalue weighted by Gasteiger charge is -2.22. The van der Waals surface area contributed by atoms with Crippen molar-refractivity contribution in [2.45, 2.75) is 31.8 Å². The van der Waals surface area contributed by atoms with Crippen molar-refractivity contribution < 1.29 is 9.66 Å². The van der Waals surface area contributed by atoms with Crippen molar-refractivity contribution in [1.82, 2.24) is 4.98 Å². The molecule has 0 spiro atoms. The minimum absolute atomic E-state index is 0.0103. The molecule has 6 nitrogen and oxygen atoms in total. The van der Waals surface area contributed by atoms with Crippen molar-refractivity contribution >= 4 is 11.5 Å². The van der Waals surface area contributed by atoms with Crippen LogP contribution in [0.15, 0.2) is 18.3 Å². The van der Waals surface area contributed by atoms with E-state index in [0.29, 0.717) is 11.9 Å². The van der Waals surface area contributed by atoms with Crippen LogP contribution in [0.25, 0.3) is 0 Å². The molecule has 0 radical (unpaired) electrons. The van der Waals surface area contributed by atoms with Crippen molar-refractivity contribution in [3.05, 3.63) is 28.4 Å². The van der Waals surface area contributed by atoms with E-state index in [1.54, 1.807) is 6.07 Å². The molecular formula is C12H17N3O3. The largest absolute Gasteiger partial charge is 0.378 e. The Morgan fingerprint density at radius 1 is 1.50 bits per heavy atom. The molecule has 1 unspecified atom stereocenters. The van der Waals surface area contributed by atoms with Gasteiger partial charge in [0, 0.05) is 19.2 Å². The van der Waals surface area contributed by atoms with E-state index >= 15 is 0 Å². The summed E-state index contributed by atoms with van der Waals surface area (Å²) in [5.41, 5.74) is 0.0103. The van der Waals surface area contributed by atoms with E-state index in [2.05, 4.69) is 10.3 Å². The quantitative estimate of drug-likeness (QED) is 0.642. The van der Waals surface area contributed by atoms with Crippen LogP contribution in [0.5, 0.6) is 0 Å². The summed E-state index contributed by atoms with van der Waals surface area (Å²) < 4.78 is 5.62. The Kier molecular flexibility index (Phi) is 4.46. The molecule has 1 N–H and O–H groups in total. The molecule has 1 atom stereocenters. The van der Waals surface area contributed by atoms with Crippen molar-refractivity contribution in [3.8, 4) is 0 Å². The third kappa shape index (κ3) is 3.66. The van der Waals surface area contributed by atoms with Gasteiger partial charge < -0.3 is 10.1 Å². The molecule has 1 fully saturated rings. The maximum absolute atomic E-state index is 10.5. The molecule has 2 rings (SSSR count). The third-order valence-electron chi connectivity index (χ3n) is 3.01. The first kappa shape index (κ1) is 12.8. The number of pyridine rings is 1. The van der Waals surface area contributed by atoms with Crippen LogP contribution in [-0.4, -0.2) is 29.2 Å². The lowest BCUT2D eigenvalue weighted by molar-refractivity contribution is -0.385. The van der Waals surface area contributed by atoms with Crippen molar-refractivity contribution in [3.63, 3.8) is 0 Å². The van der Waals surface area contributed by atoms with Crippen LogP contribution >= 0.6 is 0 Å². The second-order valence-electron chi connectivity index (χ2n) is 4.36. The summed E-state index contributed by atoms with van der Waals surface area (Å²) in [6.07, 6.45) is 6.06. The van der Waals surface area contributed by atoms with Gasteiger partial charge in [-0.15, -0.1) is 0 Å². The standard InChI is InChI=1S/C12H17N3O3/c16-15(17)10-4-5-12(14-9-10)13-7-6-11-3-1-2-8-18-11/h4-5,9,11H,1-3,6-8H2,(H,13,14). The van der Waals surface area contributed by atoms with E-state index in [9.17, 15) is 10.1 Å². The lowest BCUT2D eigenvalue weighted by Crippen LogP contribution is -2.22. The zero-order chi connectivity index (χ0) is 12.8. The summed E-state index contributed by atoms with van der Waals surface area (Å²) in [7, 11) is 0. The number of ether oxygens (including phenoxy) is 1. The Balaban J connectivity index is 1.74. The van der Waals surface area contributed by atoms with Crippen molar-refractivity contribution in [2.75, 3.05) is 18.5 Å². The number of hydrogen-bond acceptors (Lipinski definition) is 5. The van der Waals surface area contributed by atoms with E-state index in [1.165, 1.54) is 18.7 Å². The van der Waals surface area contributed by atoms with Crippen LogP contribution in [0.1, 0.15) is 25.7 Å². The zero-order valence-corrected chi connectivity index (χ0v) is 10.2. The Labute approximate surface area is 106 Å². The summed E-state index contributed by atoms with van der Waals surface area (Å²) in [6.45, 7) is 1.63. The highest BCUT2D eigenvalue weighted by Crippen LogP contribution is 2.16. The number of nitrogens with one attached hydrogen (secondary N) is 1. The van der Waals surface area contributed by atoms with E-state index in [0.717, 1.165) is 32.4 Å². The Hall–Kier alpha value is -1.69. The maximum atomic E-state index is 10.5. The summed E-state index contributed by atoms with van der Waals surface area (Å²) >= 11 is 0. The molecule has 0 aromatic carbocycles. The summed E-state index contributed by atoms with van der Waals surface area (Å²) in [5.74, 6) is 0.663. The molecule has 1 aliphatic heterocycles. The normalized spacial score (nSPS) is 19.4. The number of rotatable bonds is 5. The fraction of sp³-hybridized carbons (Fsp3) is 0.583. The van der Waals surface area contributed by atoms with Crippen LogP contribution in [0.3, 0.4) is 0 Å². The molecule has 98 valence electrons. The van der Waals surface area contributed by atoms with Crippen molar-refractivity contribution in [1.29, 1.82) is 0 Å². The Bertz CT molecular complexity index is 388. The summed E-state index contributed by atoms with van der Waals surface area (Å²) in [6, 6.07) is 3.08. The Morgan fingerprint density at radius 3 is 3.00 bits per heavy atom. The minimum Gasteiger partial charge on any atom is -0.378 e. The van der Waals surface area contributed by atoms with Gasteiger partial charge in [-0.3, -0.25) is 10.1 Å². The summed E-state index contributed by atoms with van der Waals surface area (Å²) in [4.78, 5) is 14.0. The third-order valence-corrected chi connectivity index (χ3v) is 3.01. The highest BCUT2D eigenvalue weighted by molar-refractivity contribution is 5.39. The second kappa shape index (κ2) is 6.30. The van der Waals surface area contributed by atoms with Crippen LogP contribution in [0.2, 0.25) is 0 Å². The van der Waals surface area contributed by atoms with Gasteiger partial charge in [-0.1, -0.05) is 0 Å². The predicted molar refractivity (Wildman–Crippen MR) is 67.6 cm³/mol. The average Bonchev–Trinajstić information content (AvgIpc) is 2.40. The predicted octanol–water partition coefficient (Wildman–Crippen LogP) is 2.36. The number of anilines is 1. The van der Waals surface area contributed by atoms with Crippen molar-refractivity contribution in [2.24, 2.45) is 0 Å². The topological polar surface area (TPSA) is 77.3 Å². The van der Waals surface area contributed by atoms with Gasteiger partial charge in [0.25, 0.3) is 5.69 Å². The van der Waals surface area contributed by atoms with Crippen LogP contribution in [0.4, 0.5) is 11.5 Å². The molecular weight excluding hydrogens is 234 g/mol. The molecule has 1 saturated heterocycles. The molecule has 1 aliphatic rings. The maximum Gasteiger partial charge on any atom is 0.287 e. The highest BCUT2D eigenvalue weighted by Gasteiger charge is 2.13. The molecule has 1 aromatic rings. The van der Waals surface area contributed by atoms with E-state index in [1.807, 2.05) is 0 Å². The first-order chi connectivity index (χ1) is 8.75. The molecule has 6 heteroatoms. The van der Waals surface area contributed by atoms with Gasteiger partial charge >= 0.3 is 0 Å². The van der Waals surface area contributed by atoms with Gasteiger partial charge in [0.2, 0.25) is 0 Å². The molecule has 2 heterocycles. The van der Waals surface area contributed by atoms with Gasteiger partial charge in [-0.2, -0.15) is 0 Å². The van der Waals surface area contributed by atoms with E-state index < -0.39 is 4.92 Å². The lowest BCUT2D eigenvalue weighted by atomic mass is 10.1. The first-order valence-corrected chi connectivity index (χ1v) is 6.21. The molecule has 0 aliphatic carbocycles. The number of nitrogens with zero attached hydrogens (tertiary/aromatic N) is 2. The SMILES string of the molecule is O=[N+]([O-])c1ccc(NCCC2CCCCO2)nc1. The highest BCUT2D eigenvalue weighted by atomic mass is 16.6. The van der Waals surface area contributed by atoms with Gasteiger partial charge in [-0.25, -0.2) is 4.98 Å². The molecule has 0 bridgehead atoms. The molecule has 18 heavy (non-hydrogen) atoms. The van der Waals surface area contributed by atoms with Gasteiger partial charge in [0.05, 0.1) is 11.0 Å².